The fraction of sp³-hybridized carbons (Fsp3) is 0.263. The number of hydrogen-bond donors (Lipinski definition) is 0. The Morgan fingerprint density at radius 2 is 1.89 bits per heavy atom. The van der Waals surface area contributed by atoms with Crippen LogP contribution in [0.2, 0.25) is 0 Å². The molecule has 0 saturated heterocycles. The van der Waals surface area contributed by atoms with Crippen molar-refractivity contribution >= 4 is 28.6 Å². The second-order valence-corrected chi connectivity index (χ2v) is 5.78. The molecule has 0 fully saturated rings. The molecule has 0 spiro atoms. The lowest BCUT2D eigenvalue weighted by Gasteiger charge is -2.22. The summed E-state index contributed by atoms with van der Waals surface area (Å²) in [6, 6.07) is 10.4. The fourth-order valence-electron chi connectivity index (χ4n) is 2.73. The van der Waals surface area contributed by atoms with Gasteiger partial charge < -0.3 is 4.74 Å². The molecule has 0 aliphatic carbocycles. The Labute approximate surface area is 155 Å². The number of ether oxygens (including phenoxy) is 1. The predicted molar refractivity (Wildman–Crippen MR) is 97.9 cm³/mol. The van der Waals surface area contributed by atoms with Crippen LogP contribution in [-0.2, 0) is 16.1 Å². The summed E-state index contributed by atoms with van der Waals surface area (Å²) >= 11 is 0. The third-order valence-corrected chi connectivity index (χ3v) is 4.04. The molecule has 2 aromatic carbocycles. The topological polar surface area (TPSA) is 77.3 Å². The summed E-state index contributed by atoms with van der Waals surface area (Å²) in [5.41, 5.74) is 2.14. The van der Waals surface area contributed by atoms with Crippen molar-refractivity contribution in [1.29, 1.82) is 0 Å². The van der Waals surface area contributed by atoms with Gasteiger partial charge in [-0.1, -0.05) is 5.21 Å². The number of amides is 1. The molecule has 0 unspecified atom stereocenters. The summed E-state index contributed by atoms with van der Waals surface area (Å²) in [6.45, 7) is 4.22. The highest BCUT2D eigenvalue weighted by Crippen LogP contribution is 2.20. The van der Waals surface area contributed by atoms with Crippen molar-refractivity contribution in [1.82, 2.24) is 15.0 Å². The first kappa shape index (κ1) is 18.5. The molecular weight excluding hydrogens is 351 g/mol. The van der Waals surface area contributed by atoms with Gasteiger partial charge in [-0.15, -0.1) is 5.10 Å². The van der Waals surface area contributed by atoms with E-state index in [0.717, 1.165) is 5.52 Å². The van der Waals surface area contributed by atoms with Gasteiger partial charge in [0.2, 0.25) is 0 Å². The van der Waals surface area contributed by atoms with Gasteiger partial charge in [0, 0.05) is 17.8 Å². The van der Waals surface area contributed by atoms with Crippen molar-refractivity contribution in [3.63, 3.8) is 0 Å². The molecule has 0 N–H and O–H groups in total. The van der Waals surface area contributed by atoms with Gasteiger partial charge in [0.05, 0.1) is 12.1 Å². The third-order valence-electron chi connectivity index (χ3n) is 4.04. The van der Waals surface area contributed by atoms with E-state index in [1.54, 1.807) is 29.8 Å². The first-order chi connectivity index (χ1) is 13.0. The van der Waals surface area contributed by atoms with Gasteiger partial charge in [0.1, 0.15) is 17.9 Å². The van der Waals surface area contributed by atoms with Gasteiger partial charge >= 0.3 is 5.97 Å². The number of esters is 1. The largest absolute Gasteiger partial charge is 0.465 e. The number of anilines is 1. The van der Waals surface area contributed by atoms with Crippen LogP contribution in [0.1, 0.15) is 24.2 Å². The molecule has 7 nitrogen and oxygen atoms in total. The van der Waals surface area contributed by atoms with Gasteiger partial charge in [-0.25, -0.2) is 9.07 Å². The van der Waals surface area contributed by atoms with E-state index in [9.17, 15) is 14.0 Å². The molecule has 3 aromatic rings. The summed E-state index contributed by atoms with van der Waals surface area (Å²) in [5, 5.41) is 8.09. The predicted octanol–water partition coefficient (Wildman–Crippen LogP) is 2.80. The van der Waals surface area contributed by atoms with E-state index in [-0.39, 0.29) is 13.2 Å². The normalized spacial score (nSPS) is 10.8. The first-order valence-electron chi connectivity index (χ1n) is 8.59. The third kappa shape index (κ3) is 3.94. The Hall–Kier alpha value is -3.29. The summed E-state index contributed by atoms with van der Waals surface area (Å²) in [4.78, 5) is 26.3. The maximum atomic E-state index is 13.3. The molecule has 0 radical (unpaired) electrons. The maximum absolute atomic E-state index is 13.3. The zero-order chi connectivity index (χ0) is 19.4. The first-order valence-corrected chi connectivity index (χ1v) is 8.59. The Morgan fingerprint density at radius 1 is 1.15 bits per heavy atom. The summed E-state index contributed by atoms with van der Waals surface area (Å²) < 4.78 is 19.9. The lowest BCUT2D eigenvalue weighted by Crippen LogP contribution is -2.36. The second-order valence-electron chi connectivity index (χ2n) is 5.78. The lowest BCUT2D eigenvalue weighted by atomic mass is 10.1. The number of fused-ring (bicyclic) bond motifs is 1. The smallest absolute Gasteiger partial charge is 0.326 e. The van der Waals surface area contributed by atoms with Crippen molar-refractivity contribution in [2.75, 3.05) is 18.1 Å². The minimum Gasteiger partial charge on any atom is -0.465 e. The van der Waals surface area contributed by atoms with Crippen LogP contribution in [0.4, 0.5) is 10.1 Å². The van der Waals surface area contributed by atoms with Crippen LogP contribution in [0.5, 0.6) is 0 Å². The molecule has 1 aromatic heterocycles. The maximum Gasteiger partial charge on any atom is 0.326 e. The Morgan fingerprint density at radius 3 is 2.56 bits per heavy atom. The average Bonchev–Trinajstić information content (AvgIpc) is 3.09. The molecule has 1 heterocycles. The number of nitrogens with zero attached hydrogens (tertiary/aromatic N) is 4. The van der Waals surface area contributed by atoms with E-state index >= 15 is 0 Å². The number of carbonyl (C=O) groups excluding carboxylic acids is 2. The molecule has 0 aliphatic rings. The lowest BCUT2D eigenvalue weighted by molar-refractivity contribution is -0.141. The van der Waals surface area contributed by atoms with Crippen LogP contribution in [0, 0.1) is 5.82 Å². The monoisotopic (exact) mass is 370 g/mol. The van der Waals surface area contributed by atoms with Crippen LogP contribution in [0.25, 0.3) is 11.0 Å². The van der Waals surface area contributed by atoms with Crippen molar-refractivity contribution in [3.8, 4) is 0 Å². The number of rotatable bonds is 6. The molecular formula is C19H19FN4O3. The Balaban J connectivity index is 1.96. The van der Waals surface area contributed by atoms with Crippen molar-refractivity contribution in [2.45, 2.75) is 20.4 Å². The SMILES string of the molecule is CCOC(=O)CN(C(=O)c1ccc2c(c1)nnn2CC)c1ccc(F)cc1. The fourth-order valence-corrected chi connectivity index (χ4v) is 2.73. The summed E-state index contributed by atoms with van der Waals surface area (Å²) in [7, 11) is 0. The molecule has 140 valence electrons. The number of carbonyl (C=O) groups is 2. The second kappa shape index (κ2) is 7.94. The molecule has 1 amide bonds. The molecule has 8 heteroatoms. The van der Waals surface area contributed by atoms with Crippen LogP contribution in [0.3, 0.4) is 0 Å². The van der Waals surface area contributed by atoms with E-state index in [1.165, 1.54) is 29.2 Å². The Bertz CT molecular complexity index is 969. The Kier molecular flexibility index (Phi) is 5.44. The van der Waals surface area contributed by atoms with Crippen LogP contribution >= 0.6 is 0 Å². The molecule has 0 atom stereocenters. The number of hydrogen-bond acceptors (Lipinski definition) is 5. The average molecular weight is 370 g/mol. The van der Waals surface area contributed by atoms with Crippen LogP contribution in [0.15, 0.2) is 42.5 Å². The van der Waals surface area contributed by atoms with Crippen LogP contribution in [-0.4, -0.2) is 40.0 Å². The van der Waals surface area contributed by atoms with E-state index in [1.807, 2.05) is 6.92 Å². The summed E-state index contributed by atoms with van der Waals surface area (Å²) in [6.07, 6.45) is 0. The number of halogens is 1. The van der Waals surface area contributed by atoms with Crippen LogP contribution < -0.4 is 4.90 Å². The highest BCUT2D eigenvalue weighted by atomic mass is 19.1. The molecule has 27 heavy (non-hydrogen) atoms. The van der Waals surface area contributed by atoms with E-state index in [2.05, 4.69) is 10.3 Å². The number of benzene rings is 2. The van der Waals surface area contributed by atoms with Crippen molar-refractivity contribution < 1.29 is 18.7 Å². The van der Waals surface area contributed by atoms with Crippen molar-refractivity contribution in [3.05, 3.63) is 53.8 Å². The van der Waals surface area contributed by atoms with Gasteiger partial charge in [-0.3, -0.25) is 14.5 Å². The van der Waals surface area contributed by atoms with E-state index in [0.29, 0.717) is 23.3 Å². The quantitative estimate of drug-likeness (QED) is 0.624. The molecule has 3 rings (SSSR count). The summed E-state index contributed by atoms with van der Waals surface area (Å²) in [5.74, 6) is -1.39. The minimum absolute atomic E-state index is 0.205. The zero-order valence-corrected chi connectivity index (χ0v) is 15.1. The van der Waals surface area contributed by atoms with Gasteiger partial charge in [-0.2, -0.15) is 0 Å². The van der Waals surface area contributed by atoms with Gasteiger partial charge in [-0.05, 0) is 56.3 Å². The van der Waals surface area contributed by atoms with Crippen molar-refractivity contribution in [2.24, 2.45) is 0 Å². The standard InChI is InChI=1S/C19H19FN4O3/c1-3-24-17-10-5-13(11-16(17)21-22-24)19(26)23(12-18(25)27-4-2)15-8-6-14(20)7-9-15/h5-11H,3-4,12H2,1-2H3. The van der Waals surface area contributed by atoms with E-state index in [4.69, 9.17) is 4.74 Å². The van der Waals surface area contributed by atoms with Gasteiger partial charge in [0.25, 0.3) is 5.91 Å². The molecule has 0 aliphatic heterocycles. The van der Waals surface area contributed by atoms with Gasteiger partial charge in [0.15, 0.2) is 0 Å². The number of aryl methyl sites for hydroxylation is 1. The minimum atomic E-state index is -0.548. The van der Waals surface area contributed by atoms with E-state index < -0.39 is 17.7 Å². The highest BCUT2D eigenvalue weighted by Gasteiger charge is 2.22. The number of aromatic nitrogens is 3. The highest BCUT2D eigenvalue weighted by molar-refractivity contribution is 6.09. The molecule has 0 bridgehead atoms. The zero-order valence-electron chi connectivity index (χ0n) is 15.1. The molecule has 0 saturated carbocycles.